The van der Waals surface area contributed by atoms with Gasteiger partial charge in [0.25, 0.3) is 0 Å². The number of likely N-dealkylation sites (N-methyl/N-ethyl adjacent to an activating group) is 1. The Balaban J connectivity index is 2.53. The van der Waals surface area contributed by atoms with Crippen molar-refractivity contribution in [3.8, 4) is 0 Å². The molecule has 4 nitrogen and oxygen atoms in total. The van der Waals surface area contributed by atoms with Crippen molar-refractivity contribution in [2.45, 2.75) is 13.0 Å². The van der Waals surface area contributed by atoms with Crippen LogP contribution < -0.4 is 5.32 Å². The standard InChI is InChI=1S/C7H13N3OS/c1-3-8-6(4-11-2)7-5-12-10-9-7/h5-6,8H,3-4H2,1-2H3. The second-order valence-corrected chi connectivity index (χ2v) is 3.01. The zero-order valence-corrected chi connectivity index (χ0v) is 8.10. The van der Waals surface area contributed by atoms with E-state index in [1.165, 1.54) is 11.5 Å². The van der Waals surface area contributed by atoms with Crippen molar-refractivity contribution in [3.63, 3.8) is 0 Å². The SMILES string of the molecule is CCNC(COC)c1csnn1. The average molecular weight is 187 g/mol. The number of nitrogens with one attached hydrogen (secondary N) is 1. The third-order valence-electron chi connectivity index (χ3n) is 1.52. The molecule has 0 aliphatic heterocycles. The molecule has 0 fully saturated rings. The molecule has 0 spiro atoms. The summed E-state index contributed by atoms with van der Waals surface area (Å²) in [4.78, 5) is 0. The number of nitrogens with zero attached hydrogens (tertiary/aromatic N) is 2. The molecule has 1 N–H and O–H groups in total. The van der Waals surface area contributed by atoms with E-state index >= 15 is 0 Å². The number of rotatable bonds is 5. The van der Waals surface area contributed by atoms with Gasteiger partial charge in [-0.25, -0.2) is 0 Å². The lowest BCUT2D eigenvalue weighted by Crippen LogP contribution is -2.25. The number of hydrogen-bond donors (Lipinski definition) is 1. The molecule has 1 heterocycles. The zero-order valence-electron chi connectivity index (χ0n) is 7.28. The van der Waals surface area contributed by atoms with Crippen LogP contribution in [0.2, 0.25) is 0 Å². The Hall–Kier alpha value is -0.520. The minimum atomic E-state index is 0.179. The van der Waals surface area contributed by atoms with E-state index in [9.17, 15) is 0 Å². The van der Waals surface area contributed by atoms with E-state index in [0.29, 0.717) is 6.61 Å². The van der Waals surface area contributed by atoms with E-state index in [1.807, 2.05) is 5.38 Å². The number of hydrogen-bond acceptors (Lipinski definition) is 5. The van der Waals surface area contributed by atoms with Gasteiger partial charge in [-0.15, -0.1) is 5.10 Å². The summed E-state index contributed by atoms with van der Waals surface area (Å²) in [5, 5.41) is 9.18. The third-order valence-corrected chi connectivity index (χ3v) is 2.04. The van der Waals surface area contributed by atoms with Gasteiger partial charge < -0.3 is 10.1 Å². The summed E-state index contributed by atoms with van der Waals surface area (Å²) in [5.74, 6) is 0. The second-order valence-electron chi connectivity index (χ2n) is 2.40. The summed E-state index contributed by atoms with van der Waals surface area (Å²) in [6.45, 7) is 3.60. The molecule has 5 heteroatoms. The van der Waals surface area contributed by atoms with Gasteiger partial charge in [0.15, 0.2) is 0 Å². The van der Waals surface area contributed by atoms with Gasteiger partial charge >= 0.3 is 0 Å². The molecule has 0 saturated heterocycles. The molecular weight excluding hydrogens is 174 g/mol. The predicted octanol–water partition coefficient (Wildman–Crippen LogP) is 0.835. The van der Waals surface area contributed by atoms with Crippen molar-refractivity contribution in [1.29, 1.82) is 0 Å². The molecule has 0 amide bonds. The van der Waals surface area contributed by atoms with Crippen molar-refractivity contribution in [2.24, 2.45) is 0 Å². The smallest absolute Gasteiger partial charge is 0.0948 e. The first kappa shape index (κ1) is 9.57. The van der Waals surface area contributed by atoms with Gasteiger partial charge in [-0.3, -0.25) is 0 Å². The van der Waals surface area contributed by atoms with Gasteiger partial charge in [0.05, 0.1) is 18.3 Å². The molecule has 0 radical (unpaired) electrons. The molecular formula is C7H13N3OS. The van der Waals surface area contributed by atoms with Crippen LogP contribution in [-0.2, 0) is 4.74 Å². The Morgan fingerprint density at radius 2 is 2.58 bits per heavy atom. The van der Waals surface area contributed by atoms with Crippen LogP contribution in [0.15, 0.2) is 5.38 Å². The Morgan fingerprint density at radius 3 is 3.08 bits per heavy atom. The third kappa shape index (κ3) is 2.51. The summed E-state index contributed by atoms with van der Waals surface area (Å²) in [7, 11) is 1.68. The van der Waals surface area contributed by atoms with Gasteiger partial charge in [0, 0.05) is 12.5 Å². The summed E-state index contributed by atoms with van der Waals surface area (Å²) >= 11 is 1.36. The highest BCUT2D eigenvalue weighted by molar-refractivity contribution is 7.03. The highest BCUT2D eigenvalue weighted by atomic mass is 32.1. The van der Waals surface area contributed by atoms with E-state index in [4.69, 9.17) is 4.74 Å². The molecule has 0 aliphatic rings. The van der Waals surface area contributed by atoms with Crippen LogP contribution in [0.5, 0.6) is 0 Å². The molecule has 1 aromatic rings. The maximum atomic E-state index is 5.05. The van der Waals surface area contributed by atoms with Gasteiger partial charge in [0.2, 0.25) is 0 Å². The molecule has 1 rings (SSSR count). The fourth-order valence-electron chi connectivity index (χ4n) is 0.986. The van der Waals surface area contributed by atoms with E-state index < -0.39 is 0 Å². The number of ether oxygens (including phenoxy) is 1. The van der Waals surface area contributed by atoms with Crippen LogP contribution in [0.1, 0.15) is 18.7 Å². The number of methoxy groups -OCH3 is 1. The molecule has 0 saturated carbocycles. The van der Waals surface area contributed by atoms with Crippen LogP contribution >= 0.6 is 11.5 Å². The lowest BCUT2D eigenvalue weighted by molar-refractivity contribution is 0.166. The first-order chi connectivity index (χ1) is 5.88. The van der Waals surface area contributed by atoms with Gasteiger partial charge in [-0.1, -0.05) is 11.4 Å². The summed E-state index contributed by atoms with van der Waals surface area (Å²) in [6, 6.07) is 0.179. The predicted molar refractivity (Wildman–Crippen MR) is 48.2 cm³/mol. The molecule has 0 bridgehead atoms. The van der Waals surface area contributed by atoms with Crippen molar-refractivity contribution in [3.05, 3.63) is 11.1 Å². The monoisotopic (exact) mass is 187 g/mol. The van der Waals surface area contributed by atoms with Crippen LogP contribution in [0, 0.1) is 0 Å². The first-order valence-corrected chi connectivity index (χ1v) is 4.71. The second kappa shape index (κ2) is 5.18. The molecule has 12 heavy (non-hydrogen) atoms. The van der Waals surface area contributed by atoms with E-state index in [0.717, 1.165) is 12.2 Å². The Bertz CT molecular complexity index is 196. The quantitative estimate of drug-likeness (QED) is 0.742. The van der Waals surface area contributed by atoms with E-state index in [2.05, 4.69) is 21.8 Å². The van der Waals surface area contributed by atoms with Crippen LogP contribution in [0.4, 0.5) is 0 Å². The zero-order chi connectivity index (χ0) is 8.81. The van der Waals surface area contributed by atoms with Crippen molar-refractivity contribution < 1.29 is 4.74 Å². The molecule has 1 unspecified atom stereocenters. The highest BCUT2D eigenvalue weighted by Crippen LogP contribution is 2.10. The fourth-order valence-corrected chi connectivity index (χ4v) is 1.49. The van der Waals surface area contributed by atoms with Gasteiger partial charge in [0.1, 0.15) is 0 Å². The summed E-state index contributed by atoms with van der Waals surface area (Å²) in [6.07, 6.45) is 0. The maximum absolute atomic E-state index is 5.05. The van der Waals surface area contributed by atoms with Crippen molar-refractivity contribution in [2.75, 3.05) is 20.3 Å². The molecule has 0 aliphatic carbocycles. The van der Waals surface area contributed by atoms with Crippen molar-refractivity contribution >= 4 is 11.5 Å². The normalized spacial score (nSPS) is 13.2. The minimum Gasteiger partial charge on any atom is -0.383 e. The lowest BCUT2D eigenvalue weighted by atomic mass is 10.2. The van der Waals surface area contributed by atoms with E-state index in [1.54, 1.807) is 7.11 Å². The minimum absolute atomic E-state index is 0.179. The molecule has 1 aromatic heterocycles. The van der Waals surface area contributed by atoms with E-state index in [-0.39, 0.29) is 6.04 Å². The maximum Gasteiger partial charge on any atom is 0.0948 e. The molecule has 68 valence electrons. The number of aromatic nitrogens is 2. The Kier molecular flexibility index (Phi) is 4.13. The Labute approximate surface area is 76.1 Å². The van der Waals surface area contributed by atoms with Crippen LogP contribution in [0.25, 0.3) is 0 Å². The van der Waals surface area contributed by atoms with Crippen LogP contribution in [-0.4, -0.2) is 29.8 Å². The van der Waals surface area contributed by atoms with Crippen molar-refractivity contribution in [1.82, 2.24) is 14.9 Å². The largest absolute Gasteiger partial charge is 0.383 e. The lowest BCUT2D eigenvalue weighted by Gasteiger charge is -2.13. The fraction of sp³-hybridized carbons (Fsp3) is 0.714. The van der Waals surface area contributed by atoms with Gasteiger partial charge in [-0.05, 0) is 18.1 Å². The van der Waals surface area contributed by atoms with Crippen LogP contribution in [0.3, 0.4) is 0 Å². The summed E-state index contributed by atoms with van der Waals surface area (Å²) < 4.78 is 8.86. The first-order valence-electron chi connectivity index (χ1n) is 3.87. The molecule has 0 aromatic carbocycles. The highest BCUT2D eigenvalue weighted by Gasteiger charge is 2.11. The topological polar surface area (TPSA) is 47.0 Å². The summed E-state index contributed by atoms with van der Waals surface area (Å²) in [5.41, 5.74) is 0.962. The average Bonchev–Trinajstić information content (AvgIpc) is 2.56. The molecule has 1 atom stereocenters. The van der Waals surface area contributed by atoms with Gasteiger partial charge in [-0.2, -0.15) is 0 Å². The Morgan fingerprint density at radius 1 is 1.75 bits per heavy atom.